The Labute approximate surface area is 73.6 Å². The van der Waals surface area contributed by atoms with Gasteiger partial charge in [0.25, 0.3) is 0 Å². The van der Waals surface area contributed by atoms with Gasteiger partial charge in [-0.2, -0.15) is 9.65 Å². The van der Waals surface area contributed by atoms with Gasteiger partial charge in [-0.05, 0) is 6.07 Å². The van der Waals surface area contributed by atoms with Crippen molar-refractivity contribution in [1.29, 1.82) is 5.26 Å². The summed E-state index contributed by atoms with van der Waals surface area (Å²) in [6, 6.07) is 3.80. The Hall–Kier alpha value is -1.96. The second-order valence-electron chi connectivity index (χ2n) is 2.17. The van der Waals surface area contributed by atoms with E-state index in [0.717, 1.165) is 19.2 Å². The van der Waals surface area contributed by atoms with E-state index in [1.807, 2.05) is 0 Å². The molecule has 1 rings (SSSR count). The molecule has 0 amide bonds. The van der Waals surface area contributed by atoms with Crippen molar-refractivity contribution in [3.05, 3.63) is 29.3 Å². The first kappa shape index (κ1) is 9.13. The van der Waals surface area contributed by atoms with Crippen LogP contribution in [0, 0.1) is 17.3 Å². The van der Waals surface area contributed by atoms with Crippen molar-refractivity contribution in [3.8, 4) is 6.07 Å². The van der Waals surface area contributed by atoms with Crippen LogP contribution in [0.25, 0.3) is 0 Å². The van der Waals surface area contributed by atoms with Crippen molar-refractivity contribution < 1.29 is 13.9 Å². The molecule has 0 bridgehead atoms. The van der Waals surface area contributed by atoms with Gasteiger partial charge in [0.05, 0.1) is 18.7 Å². The van der Waals surface area contributed by atoms with Gasteiger partial charge in [-0.3, -0.25) is 0 Å². The van der Waals surface area contributed by atoms with Crippen molar-refractivity contribution in [2.45, 2.75) is 0 Å². The summed E-state index contributed by atoms with van der Waals surface area (Å²) in [7, 11) is 1.15. The van der Waals surface area contributed by atoms with E-state index in [9.17, 15) is 9.18 Å². The number of nitrogens with zero attached hydrogens (tertiary/aromatic N) is 2. The Bertz CT molecular complexity index is 384. The van der Waals surface area contributed by atoms with Gasteiger partial charge in [-0.15, -0.1) is 0 Å². The van der Waals surface area contributed by atoms with Crippen LogP contribution in [-0.2, 0) is 4.74 Å². The summed E-state index contributed by atoms with van der Waals surface area (Å²) in [4.78, 5) is 14.1. The molecule has 0 aliphatic heterocycles. The lowest BCUT2D eigenvalue weighted by molar-refractivity contribution is 0.0592. The minimum Gasteiger partial charge on any atom is -0.464 e. The van der Waals surface area contributed by atoms with Crippen LogP contribution >= 0.6 is 0 Å². The average molecular weight is 180 g/mol. The van der Waals surface area contributed by atoms with Gasteiger partial charge in [0.2, 0.25) is 5.95 Å². The van der Waals surface area contributed by atoms with Gasteiger partial charge in [0.1, 0.15) is 0 Å². The van der Waals surface area contributed by atoms with Crippen molar-refractivity contribution in [1.82, 2.24) is 4.98 Å². The van der Waals surface area contributed by atoms with Gasteiger partial charge in [-0.25, -0.2) is 9.78 Å². The molecule has 0 aliphatic rings. The maximum atomic E-state index is 12.6. The Kier molecular flexibility index (Phi) is 2.55. The molecule has 0 aromatic carbocycles. The molecule has 0 saturated heterocycles. The van der Waals surface area contributed by atoms with Gasteiger partial charge in [0.15, 0.2) is 5.69 Å². The number of hydrogen-bond donors (Lipinski definition) is 0. The molecule has 0 unspecified atom stereocenters. The van der Waals surface area contributed by atoms with E-state index in [2.05, 4.69) is 9.72 Å². The van der Waals surface area contributed by atoms with Gasteiger partial charge in [0, 0.05) is 6.07 Å². The third kappa shape index (κ3) is 1.99. The number of methoxy groups -OCH3 is 1. The summed E-state index contributed by atoms with van der Waals surface area (Å²) in [6.45, 7) is 0. The van der Waals surface area contributed by atoms with E-state index in [0.29, 0.717) is 0 Å². The molecule has 0 spiro atoms. The molecular formula is C8H5FN2O2. The van der Waals surface area contributed by atoms with Gasteiger partial charge in [-0.1, -0.05) is 0 Å². The molecule has 5 heteroatoms. The molecule has 1 aromatic rings. The number of pyridine rings is 1. The molecule has 0 fully saturated rings. The van der Waals surface area contributed by atoms with E-state index in [1.54, 1.807) is 6.07 Å². The molecule has 1 heterocycles. The largest absolute Gasteiger partial charge is 0.464 e. The van der Waals surface area contributed by atoms with Crippen LogP contribution < -0.4 is 0 Å². The molecule has 13 heavy (non-hydrogen) atoms. The maximum absolute atomic E-state index is 12.6. The lowest BCUT2D eigenvalue weighted by Gasteiger charge is -1.98. The third-order valence-electron chi connectivity index (χ3n) is 1.32. The topological polar surface area (TPSA) is 63.0 Å². The van der Waals surface area contributed by atoms with Crippen LogP contribution in [0.4, 0.5) is 4.39 Å². The molecule has 0 radical (unpaired) electrons. The Morgan fingerprint density at radius 2 is 2.38 bits per heavy atom. The Morgan fingerprint density at radius 1 is 1.69 bits per heavy atom. The second-order valence-corrected chi connectivity index (χ2v) is 2.17. The van der Waals surface area contributed by atoms with Gasteiger partial charge >= 0.3 is 5.97 Å². The minimum atomic E-state index is -0.876. The van der Waals surface area contributed by atoms with Crippen LogP contribution in [-0.4, -0.2) is 18.1 Å². The summed E-state index contributed by atoms with van der Waals surface area (Å²) in [5, 5.41) is 8.44. The smallest absolute Gasteiger partial charge is 0.356 e. The molecule has 4 nitrogen and oxygen atoms in total. The highest BCUT2D eigenvalue weighted by molar-refractivity contribution is 5.87. The number of ether oxygens (including phenoxy) is 1. The molecular weight excluding hydrogens is 175 g/mol. The average Bonchev–Trinajstić information content (AvgIpc) is 2.15. The predicted octanol–water partition coefficient (Wildman–Crippen LogP) is 0.879. The lowest BCUT2D eigenvalue weighted by atomic mass is 10.2. The van der Waals surface area contributed by atoms with E-state index < -0.39 is 11.9 Å². The number of nitriles is 1. The number of aromatic nitrogens is 1. The summed E-state index contributed by atoms with van der Waals surface area (Å²) >= 11 is 0. The number of halogens is 1. The quantitative estimate of drug-likeness (QED) is 0.475. The Morgan fingerprint density at radius 3 is 2.92 bits per heavy atom. The first-order valence-corrected chi connectivity index (χ1v) is 3.33. The van der Waals surface area contributed by atoms with Crippen molar-refractivity contribution in [3.63, 3.8) is 0 Å². The van der Waals surface area contributed by atoms with E-state index >= 15 is 0 Å². The highest BCUT2D eigenvalue weighted by Crippen LogP contribution is 2.04. The standard InChI is InChI=1S/C8H5FN2O2/c1-13-8(12)6-2-5(4-10)3-7(9)11-6/h2-3H,1H3. The van der Waals surface area contributed by atoms with Crippen LogP contribution in [0.1, 0.15) is 16.1 Å². The maximum Gasteiger partial charge on any atom is 0.356 e. The van der Waals surface area contributed by atoms with Crippen LogP contribution in [0.5, 0.6) is 0 Å². The zero-order valence-corrected chi connectivity index (χ0v) is 6.74. The molecule has 0 aliphatic carbocycles. The summed E-state index contributed by atoms with van der Waals surface area (Å²) in [6.07, 6.45) is 0. The summed E-state index contributed by atoms with van der Waals surface area (Å²) in [5.74, 6) is -1.64. The molecule has 0 N–H and O–H groups in total. The van der Waals surface area contributed by atoms with Crippen LogP contribution in [0.2, 0.25) is 0 Å². The number of carbonyl (C=O) groups is 1. The SMILES string of the molecule is COC(=O)c1cc(C#N)cc(F)n1. The van der Waals surface area contributed by atoms with Gasteiger partial charge < -0.3 is 4.74 Å². The second kappa shape index (κ2) is 3.63. The zero-order valence-electron chi connectivity index (χ0n) is 6.74. The summed E-state index contributed by atoms with van der Waals surface area (Å²) < 4.78 is 17.0. The molecule has 0 atom stereocenters. The zero-order chi connectivity index (χ0) is 9.84. The minimum absolute atomic E-state index is 0.0351. The predicted molar refractivity (Wildman–Crippen MR) is 40.2 cm³/mol. The van der Waals surface area contributed by atoms with E-state index in [-0.39, 0.29) is 11.3 Å². The van der Waals surface area contributed by atoms with Crippen LogP contribution in [0.3, 0.4) is 0 Å². The third-order valence-corrected chi connectivity index (χ3v) is 1.32. The fraction of sp³-hybridized carbons (Fsp3) is 0.125. The molecule has 0 saturated carbocycles. The highest BCUT2D eigenvalue weighted by Gasteiger charge is 2.10. The van der Waals surface area contributed by atoms with E-state index in [1.165, 1.54) is 0 Å². The first-order chi connectivity index (χ1) is 6.17. The lowest BCUT2D eigenvalue weighted by Crippen LogP contribution is -2.05. The fourth-order valence-electron chi connectivity index (χ4n) is 0.771. The highest BCUT2D eigenvalue weighted by atomic mass is 19.1. The Balaban J connectivity index is 3.17. The van der Waals surface area contributed by atoms with E-state index in [4.69, 9.17) is 5.26 Å². The number of rotatable bonds is 1. The van der Waals surface area contributed by atoms with Crippen LogP contribution in [0.15, 0.2) is 12.1 Å². The fourth-order valence-corrected chi connectivity index (χ4v) is 0.771. The van der Waals surface area contributed by atoms with Crippen molar-refractivity contribution in [2.24, 2.45) is 0 Å². The van der Waals surface area contributed by atoms with Crippen molar-refractivity contribution >= 4 is 5.97 Å². The van der Waals surface area contributed by atoms with Crippen molar-refractivity contribution in [2.75, 3.05) is 7.11 Å². The molecule has 66 valence electrons. The number of carbonyl (C=O) groups excluding carboxylic acids is 1. The molecule has 1 aromatic heterocycles. The normalized spacial score (nSPS) is 9.00. The number of esters is 1. The first-order valence-electron chi connectivity index (χ1n) is 3.33. The summed E-state index contributed by atoms with van der Waals surface area (Å²) in [5.41, 5.74) is -0.174. The monoisotopic (exact) mass is 180 g/mol. The number of hydrogen-bond acceptors (Lipinski definition) is 4.